The Kier molecular flexibility index (Phi) is 8.39. The van der Waals surface area contributed by atoms with Crippen LogP contribution in [0.3, 0.4) is 0 Å². The fraction of sp³-hybridized carbons (Fsp3) is 0.173. The third-order valence-corrected chi connectivity index (χ3v) is 14.1. The number of hydrogen-bond acceptors (Lipinski definition) is 4. The van der Waals surface area contributed by atoms with Crippen molar-refractivity contribution in [1.29, 1.82) is 0 Å². The smallest absolute Gasteiger partial charge is 0.133 e. The van der Waals surface area contributed by atoms with Crippen molar-refractivity contribution in [3.05, 3.63) is 221 Å². The van der Waals surface area contributed by atoms with Gasteiger partial charge in [-0.25, -0.2) is 0 Å². The van der Waals surface area contributed by atoms with Crippen molar-refractivity contribution >= 4 is 28.9 Å². The highest BCUT2D eigenvalue weighted by Crippen LogP contribution is 2.57. The number of benzene rings is 6. The molecule has 272 valence electrons. The van der Waals surface area contributed by atoms with Crippen LogP contribution < -0.4 is 10.2 Å². The van der Waals surface area contributed by atoms with Gasteiger partial charge < -0.3 is 10.2 Å². The lowest BCUT2D eigenvalue weighted by molar-refractivity contribution is 0.466. The van der Waals surface area contributed by atoms with Gasteiger partial charge in [0.15, 0.2) is 0 Å². The molecule has 11 rings (SSSR count). The maximum Gasteiger partial charge on any atom is 0.133 e. The Morgan fingerprint density at radius 2 is 1.27 bits per heavy atom. The van der Waals surface area contributed by atoms with E-state index in [4.69, 9.17) is 4.99 Å². The van der Waals surface area contributed by atoms with Crippen LogP contribution in [-0.2, 0) is 0 Å². The van der Waals surface area contributed by atoms with E-state index in [2.05, 4.69) is 204 Å². The lowest BCUT2D eigenvalue weighted by atomic mass is 9.78. The van der Waals surface area contributed by atoms with Crippen molar-refractivity contribution in [1.82, 2.24) is 5.32 Å². The number of anilines is 1. The van der Waals surface area contributed by atoms with Gasteiger partial charge in [0.2, 0.25) is 0 Å². The molecule has 4 heteroatoms. The SMILES string of the molecule is C1=C(C2=CC(c3cccc(-c4ccccc4)c3)N=C(c3ccccc3)N2)CCC2c3ccccc3N(C3CC(c4ccccc4)=CC4c5ccccc5SC43)C12. The first-order valence-corrected chi connectivity index (χ1v) is 21.0. The molecule has 6 aromatic carbocycles. The molecule has 0 bridgehead atoms. The molecule has 6 atom stereocenters. The Labute approximate surface area is 334 Å². The molecule has 3 nitrogen and oxygen atoms in total. The van der Waals surface area contributed by atoms with Gasteiger partial charge in [-0.15, -0.1) is 11.8 Å². The van der Waals surface area contributed by atoms with Gasteiger partial charge >= 0.3 is 0 Å². The van der Waals surface area contributed by atoms with Crippen molar-refractivity contribution in [3.8, 4) is 11.1 Å². The van der Waals surface area contributed by atoms with Gasteiger partial charge in [0, 0.05) is 45.0 Å². The number of allylic oxidation sites excluding steroid dienone is 2. The molecule has 0 fully saturated rings. The topological polar surface area (TPSA) is 27.6 Å². The number of aliphatic imine (C=N–C) groups is 1. The highest BCUT2D eigenvalue weighted by Gasteiger charge is 2.49. The van der Waals surface area contributed by atoms with Crippen molar-refractivity contribution in [2.24, 2.45) is 4.99 Å². The summed E-state index contributed by atoms with van der Waals surface area (Å²) < 4.78 is 0. The molecule has 0 aromatic heterocycles. The number of nitrogens with zero attached hydrogens (tertiary/aromatic N) is 2. The van der Waals surface area contributed by atoms with Crippen LogP contribution >= 0.6 is 11.8 Å². The number of fused-ring (bicyclic) bond motifs is 6. The largest absolute Gasteiger partial charge is 0.360 e. The number of rotatable bonds is 6. The molecule has 0 amide bonds. The highest BCUT2D eigenvalue weighted by molar-refractivity contribution is 8.00. The summed E-state index contributed by atoms with van der Waals surface area (Å²) >= 11 is 2.10. The van der Waals surface area contributed by atoms with Crippen LogP contribution in [-0.4, -0.2) is 23.2 Å². The monoisotopic (exact) mass is 741 g/mol. The second-order valence-electron chi connectivity index (χ2n) is 15.8. The number of para-hydroxylation sites is 1. The Bertz CT molecular complexity index is 2550. The third kappa shape index (κ3) is 5.86. The van der Waals surface area contributed by atoms with E-state index in [9.17, 15) is 0 Å². The van der Waals surface area contributed by atoms with E-state index in [0.29, 0.717) is 23.1 Å². The first-order chi connectivity index (χ1) is 27.7. The summed E-state index contributed by atoms with van der Waals surface area (Å²) in [6.07, 6.45) is 10.8. The summed E-state index contributed by atoms with van der Waals surface area (Å²) in [5.41, 5.74) is 14.6. The number of thioether (sulfide) groups is 1. The fourth-order valence-electron chi connectivity index (χ4n) is 10.0. The molecule has 2 aliphatic carbocycles. The fourth-order valence-corrected chi connectivity index (χ4v) is 11.5. The Hall–Kier alpha value is -5.84. The summed E-state index contributed by atoms with van der Waals surface area (Å²) in [5, 5.41) is 4.31. The van der Waals surface area contributed by atoms with Gasteiger partial charge in [-0.2, -0.15) is 0 Å². The molecule has 0 radical (unpaired) electrons. The second-order valence-corrected chi connectivity index (χ2v) is 17.0. The van der Waals surface area contributed by atoms with Crippen LogP contribution in [0.2, 0.25) is 0 Å². The first-order valence-electron chi connectivity index (χ1n) is 20.1. The molecule has 6 aromatic rings. The molecule has 0 saturated carbocycles. The van der Waals surface area contributed by atoms with E-state index in [-0.39, 0.29) is 12.1 Å². The molecule has 0 saturated heterocycles. The maximum atomic E-state index is 5.37. The summed E-state index contributed by atoms with van der Waals surface area (Å²) in [6.45, 7) is 0. The van der Waals surface area contributed by atoms with Gasteiger partial charge in [0.25, 0.3) is 0 Å². The van der Waals surface area contributed by atoms with Gasteiger partial charge in [0.1, 0.15) is 5.84 Å². The van der Waals surface area contributed by atoms with Gasteiger partial charge in [-0.1, -0.05) is 158 Å². The number of hydrogen-bond donors (Lipinski definition) is 1. The quantitative estimate of drug-likeness (QED) is 0.184. The molecular weight excluding hydrogens is 699 g/mol. The Balaban J connectivity index is 1.00. The van der Waals surface area contributed by atoms with E-state index in [1.165, 1.54) is 60.8 Å². The standard InChI is InChI=1S/C52H43N3S/c1-4-15-34(16-5-1)37-21-14-22-38(29-37)45-33-46(54-52(53-45)36-19-8-3-9-20-36)39-27-28-42-41-23-10-12-25-47(41)55(48(42)31-39)49-32-40(35-17-6-2-7-18-35)30-44-43-24-11-13-26-50(43)56-51(44)49/h1-26,29-31,33,42,44-45,48-49,51H,27-28,32H2,(H,53,54). The third-order valence-electron chi connectivity index (χ3n) is 12.6. The summed E-state index contributed by atoms with van der Waals surface area (Å²) in [4.78, 5) is 9.67. The van der Waals surface area contributed by atoms with Crippen LogP contribution in [0.4, 0.5) is 5.69 Å². The van der Waals surface area contributed by atoms with Gasteiger partial charge in [0.05, 0.1) is 12.1 Å². The van der Waals surface area contributed by atoms with Crippen LogP contribution in [0.5, 0.6) is 0 Å². The number of nitrogens with one attached hydrogen (secondary N) is 1. The predicted molar refractivity (Wildman–Crippen MR) is 233 cm³/mol. The summed E-state index contributed by atoms with van der Waals surface area (Å²) in [7, 11) is 0. The summed E-state index contributed by atoms with van der Waals surface area (Å²) in [5.74, 6) is 1.77. The number of amidine groups is 1. The lowest BCUT2D eigenvalue weighted by Crippen LogP contribution is -2.49. The normalized spacial score (nSPS) is 24.7. The molecule has 56 heavy (non-hydrogen) atoms. The molecule has 6 unspecified atom stereocenters. The zero-order valence-corrected chi connectivity index (χ0v) is 32.0. The minimum Gasteiger partial charge on any atom is -0.360 e. The van der Waals surface area contributed by atoms with Crippen LogP contribution in [0.15, 0.2) is 203 Å². The predicted octanol–water partition coefficient (Wildman–Crippen LogP) is 12.1. The maximum absolute atomic E-state index is 5.37. The van der Waals surface area contributed by atoms with Crippen molar-refractivity contribution in [3.63, 3.8) is 0 Å². The molecule has 3 aliphatic heterocycles. The molecule has 0 spiro atoms. The first kappa shape index (κ1) is 33.5. The minimum atomic E-state index is -0.105. The zero-order valence-electron chi connectivity index (χ0n) is 31.2. The Morgan fingerprint density at radius 3 is 2.07 bits per heavy atom. The van der Waals surface area contributed by atoms with E-state index in [1.54, 1.807) is 0 Å². The second kappa shape index (κ2) is 14.0. The van der Waals surface area contributed by atoms with Crippen molar-refractivity contribution in [2.75, 3.05) is 4.90 Å². The average Bonchev–Trinajstić information content (AvgIpc) is 3.82. The van der Waals surface area contributed by atoms with Crippen LogP contribution in [0, 0.1) is 0 Å². The van der Waals surface area contributed by atoms with Gasteiger partial charge in [-0.05, 0) is 88.1 Å². The van der Waals surface area contributed by atoms with Crippen molar-refractivity contribution < 1.29 is 0 Å². The lowest BCUT2D eigenvalue weighted by Gasteiger charge is -2.44. The van der Waals surface area contributed by atoms with E-state index >= 15 is 0 Å². The molecular formula is C52H43N3S. The van der Waals surface area contributed by atoms with E-state index < -0.39 is 0 Å². The average molecular weight is 742 g/mol. The molecule has 3 heterocycles. The minimum absolute atomic E-state index is 0.105. The van der Waals surface area contributed by atoms with Crippen LogP contribution in [0.25, 0.3) is 16.7 Å². The van der Waals surface area contributed by atoms with Crippen LogP contribution in [0.1, 0.15) is 65.0 Å². The molecule has 5 aliphatic rings. The van der Waals surface area contributed by atoms with Crippen molar-refractivity contribution in [2.45, 2.75) is 59.4 Å². The summed E-state index contributed by atoms with van der Waals surface area (Å²) in [6, 6.07) is 60.3. The Morgan fingerprint density at radius 1 is 0.589 bits per heavy atom. The highest BCUT2D eigenvalue weighted by atomic mass is 32.2. The van der Waals surface area contributed by atoms with E-state index in [1.807, 2.05) is 0 Å². The van der Waals surface area contributed by atoms with Gasteiger partial charge in [-0.3, -0.25) is 4.99 Å². The molecule has 1 N–H and O–H groups in total. The van der Waals surface area contributed by atoms with E-state index in [0.717, 1.165) is 30.7 Å². The zero-order chi connectivity index (χ0) is 37.0.